The highest BCUT2D eigenvalue weighted by Gasteiger charge is 2.24. The molecule has 0 aliphatic carbocycles. The molecule has 4 rings (SSSR count). The maximum atomic E-state index is 12.5. The Bertz CT molecular complexity index is 1020. The number of rotatable bonds is 6. The fourth-order valence-electron chi connectivity index (χ4n) is 4.13. The molecule has 1 N–H and O–H groups in total. The van der Waals surface area contributed by atoms with E-state index in [-0.39, 0.29) is 23.3 Å². The maximum Gasteiger partial charge on any atom is 0.270 e. The number of carbonyl (C=O) groups excluding carboxylic acids is 1. The van der Waals surface area contributed by atoms with Gasteiger partial charge in [0.05, 0.1) is 18.1 Å². The summed E-state index contributed by atoms with van der Waals surface area (Å²) in [6.45, 7) is 8.44. The molecule has 0 atom stereocenters. The van der Waals surface area contributed by atoms with Gasteiger partial charge in [0.15, 0.2) is 6.79 Å². The summed E-state index contributed by atoms with van der Waals surface area (Å²) in [5.41, 5.74) is 4.65. The molecule has 9 nitrogen and oxygen atoms in total. The van der Waals surface area contributed by atoms with Crippen molar-refractivity contribution >= 4 is 17.3 Å². The largest absolute Gasteiger partial charge is 0.467 e. The minimum absolute atomic E-state index is 0.0201. The van der Waals surface area contributed by atoms with Crippen molar-refractivity contribution in [3.05, 3.63) is 62.7 Å². The molecule has 0 bridgehead atoms. The van der Waals surface area contributed by atoms with Crippen molar-refractivity contribution in [1.82, 2.24) is 9.80 Å². The molecule has 0 unspecified atom stereocenters. The molecule has 1 amide bonds. The zero-order chi connectivity index (χ0) is 22.7. The number of hydrogen-bond acceptors (Lipinski definition) is 7. The SMILES string of the molecule is Cc1cccc(NC(=O)CN2CCN(Cc3cc([N+](=O)[O-])cc4c3OCOC4)CC2)c1C. The number of fused-ring (bicyclic) bond motifs is 1. The number of hydrogen-bond donors (Lipinski definition) is 1. The number of carbonyl (C=O) groups is 1. The van der Waals surface area contributed by atoms with Gasteiger partial charge in [0, 0.05) is 61.7 Å². The summed E-state index contributed by atoms with van der Waals surface area (Å²) in [5.74, 6) is 0.672. The van der Waals surface area contributed by atoms with Gasteiger partial charge in [-0.05, 0) is 31.0 Å². The van der Waals surface area contributed by atoms with Crippen LogP contribution in [0.4, 0.5) is 11.4 Å². The van der Waals surface area contributed by atoms with Crippen molar-refractivity contribution in [3.8, 4) is 5.75 Å². The van der Waals surface area contributed by atoms with Crippen LogP contribution in [0.2, 0.25) is 0 Å². The summed E-state index contributed by atoms with van der Waals surface area (Å²) >= 11 is 0. The number of nitro groups is 1. The molecule has 9 heteroatoms. The average molecular weight is 441 g/mol. The molecular formula is C23H28N4O5. The molecule has 2 heterocycles. The standard InChI is InChI=1S/C23H28N4O5/c1-16-4-3-5-21(17(16)2)24-22(28)13-26-8-6-25(7-9-26)12-18-10-20(27(29)30)11-19-14-31-15-32-23(18)19/h3-5,10-11H,6-9,12-15H2,1-2H3,(H,24,28). The fourth-order valence-corrected chi connectivity index (χ4v) is 4.13. The van der Waals surface area contributed by atoms with Gasteiger partial charge in [-0.1, -0.05) is 12.1 Å². The molecular weight excluding hydrogens is 412 g/mol. The van der Waals surface area contributed by atoms with Crippen LogP contribution in [0.5, 0.6) is 5.75 Å². The molecule has 32 heavy (non-hydrogen) atoms. The van der Waals surface area contributed by atoms with Gasteiger partial charge >= 0.3 is 0 Å². The van der Waals surface area contributed by atoms with E-state index in [1.165, 1.54) is 6.07 Å². The Kier molecular flexibility index (Phi) is 6.69. The van der Waals surface area contributed by atoms with E-state index in [1.54, 1.807) is 6.07 Å². The van der Waals surface area contributed by atoms with E-state index < -0.39 is 0 Å². The summed E-state index contributed by atoms with van der Waals surface area (Å²) in [4.78, 5) is 27.8. The summed E-state index contributed by atoms with van der Waals surface area (Å²) < 4.78 is 10.9. The summed E-state index contributed by atoms with van der Waals surface area (Å²) in [5, 5.41) is 14.3. The van der Waals surface area contributed by atoms with Crippen molar-refractivity contribution in [2.45, 2.75) is 27.0 Å². The lowest BCUT2D eigenvalue weighted by molar-refractivity contribution is -0.385. The number of nitro benzene ring substituents is 1. The Morgan fingerprint density at radius 3 is 2.66 bits per heavy atom. The van der Waals surface area contributed by atoms with Gasteiger partial charge in [-0.2, -0.15) is 0 Å². The normalized spacial score (nSPS) is 16.8. The third kappa shape index (κ3) is 5.07. The second-order valence-corrected chi connectivity index (χ2v) is 8.31. The predicted octanol–water partition coefficient (Wildman–Crippen LogP) is 2.83. The molecule has 0 aromatic heterocycles. The molecule has 0 radical (unpaired) electrons. The van der Waals surface area contributed by atoms with Crippen LogP contribution in [0.1, 0.15) is 22.3 Å². The molecule has 1 fully saturated rings. The van der Waals surface area contributed by atoms with E-state index in [4.69, 9.17) is 9.47 Å². The van der Waals surface area contributed by atoms with Crippen molar-refractivity contribution in [1.29, 1.82) is 0 Å². The lowest BCUT2D eigenvalue weighted by Gasteiger charge is -2.34. The molecule has 0 spiro atoms. The molecule has 2 aliphatic rings. The first kappa shape index (κ1) is 22.2. The molecule has 2 aliphatic heterocycles. The third-order valence-corrected chi connectivity index (χ3v) is 6.09. The van der Waals surface area contributed by atoms with Crippen LogP contribution in [0.25, 0.3) is 0 Å². The molecule has 170 valence electrons. The summed E-state index contributed by atoms with van der Waals surface area (Å²) in [6, 6.07) is 9.00. The number of nitrogens with zero attached hydrogens (tertiary/aromatic N) is 3. The Morgan fingerprint density at radius 2 is 1.91 bits per heavy atom. The predicted molar refractivity (Wildman–Crippen MR) is 120 cm³/mol. The zero-order valence-corrected chi connectivity index (χ0v) is 18.4. The van der Waals surface area contributed by atoms with Crippen LogP contribution in [0.3, 0.4) is 0 Å². The lowest BCUT2D eigenvalue weighted by atomic mass is 10.1. The second-order valence-electron chi connectivity index (χ2n) is 8.31. The number of benzene rings is 2. The van der Waals surface area contributed by atoms with Gasteiger partial charge in [-0.25, -0.2) is 0 Å². The number of non-ortho nitro benzene ring substituents is 1. The molecule has 2 aromatic carbocycles. The third-order valence-electron chi connectivity index (χ3n) is 6.09. The summed E-state index contributed by atoms with van der Waals surface area (Å²) in [6.07, 6.45) is 0. The van der Waals surface area contributed by atoms with E-state index >= 15 is 0 Å². The van der Waals surface area contributed by atoms with Crippen LogP contribution in [0, 0.1) is 24.0 Å². The quantitative estimate of drug-likeness (QED) is 0.545. The van der Waals surface area contributed by atoms with Crippen molar-refractivity contribution < 1.29 is 19.2 Å². The molecule has 1 saturated heterocycles. The van der Waals surface area contributed by atoms with Crippen LogP contribution in [0.15, 0.2) is 30.3 Å². The van der Waals surface area contributed by atoms with E-state index in [2.05, 4.69) is 15.1 Å². The van der Waals surface area contributed by atoms with Gasteiger partial charge in [0.2, 0.25) is 5.91 Å². The Hall–Kier alpha value is -3.01. The number of amides is 1. The molecule has 2 aromatic rings. The van der Waals surface area contributed by atoms with Crippen molar-refractivity contribution in [3.63, 3.8) is 0 Å². The smallest absolute Gasteiger partial charge is 0.270 e. The molecule has 0 saturated carbocycles. The fraction of sp³-hybridized carbons (Fsp3) is 0.435. The topological polar surface area (TPSA) is 97.2 Å². The van der Waals surface area contributed by atoms with Crippen molar-refractivity contribution in [2.24, 2.45) is 0 Å². The van der Waals surface area contributed by atoms with E-state index in [9.17, 15) is 14.9 Å². The van der Waals surface area contributed by atoms with Crippen LogP contribution in [-0.4, -0.2) is 60.1 Å². The van der Waals surface area contributed by atoms with Gasteiger partial charge < -0.3 is 14.8 Å². The Balaban J connectivity index is 1.33. The second kappa shape index (κ2) is 9.64. The number of aryl methyl sites for hydroxylation is 1. The first-order valence-electron chi connectivity index (χ1n) is 10.7. The van der Waals surface area contributed by atoms with E-state index in [0.29, 0.717) is 31.0 Å². The lowest BCUT2D eigenvalue weighted by Crippen LogP contribution is -2.48. The highest BCUT2D eigenvalue weighted by Crippen LogP contribution is 2.33. The van der Waals surface area contributed by atoms with Gasteiger partial charge in [0.25, 0.3) is 5.69 Å². The van der Waals surface area contributed by atoms with Crippen LogP contribution in [-0.2, 0) is 22.7 Å². The van der Waals surface area contributed by atoms with Gasteiger partial charge in [-0.3, -0.25) is 24.7 Å². The first-order chi connectivity index (χ1) is 15.4. The minimum Gasteiger partial charge on any atom is -0.467 e. The number of piperazine rings is 1. The van der Waals surface area contributed by atoms with E-state index in [0.717, 1.165) is 48.6 Å². The highest BCUT2D eigenvalue weighted by molar-refractivity contribution is 5.93. The maximum absolute atomic E-state index is 12.5. The van der Waals surface area contributed by atoms with Crippen LogP contribution < -0.4 is 10.1 Å². The van der Waals surface area contributed by atoms with Crippen molar-refractivity contribution in [2.75, 3.05) is 44.8 Å². The Morgan fingerprint density at radius 1 is 1.16 bits per heavy atom. The summed E-state index contributed by atoms with van der Waals surface area (Å²) in [7, 11) is 0. The van der Waals surface area contributed by atoms with Gasteiger partial charge in [0.1, 0.15) is 5.75 Å². The number of ether oxygens (including phenoxy) is 2. The minimum atomic E-state index is -0.384. The Labute approximate surface area is 187 Å². The first-order valence-corrected chi connectivity index (χ1v) is 10.7. The highest BCUT2D eigenvalue weighted by atomic mass is 16.7. The van der Waals surface area contributed by atoms with E-state index in [1.807, 2.05) is 32.0 Å². The number of nitrogens with one attached hydrogen (secondary N) is 1. The average Bonchev–Trinajstić information content (AvgIpc) is 2.78. The van der Waals surface area contributed by atoms with Gasteiger partial charge in [-0.15, -0.1) is 0 Å². The zero-order valence-electron chi connectivity index (χ0n) is 18.4. The monoisotopic (exact) mass is 440 g/mol. The van der Waals surface area contributed by atoms with Crippen LogP contribution >= 0.6 is 0 Å². The number of anilines is 1.